The summed E-state index contributed by atoms with van der Waals surface area (Å²) >= 11 is 0. The second kappa shape index (κ2) is 2.72. The van der Waals surface area contributed by atoms with Gasteiger partial charge in [0, 0.05) is 5.92 Å². The predicted molar refractivity (Wildman–Crippen MR) is 49.2 cm³/mol. The third-order valence-corrected chi connectivity index (χ3v) is 3.61. The molecule has 0 saturated carbocycles. The lowest BCUT2D eigenvalue weighted by Gasteiger charge is -2.37. The monoisotopic (exact) mass is 214 g/mol. The molecule has 0 radical (unpaired) electrons. The van der Waals surface area contributed by atoms with Crippen LogP contribution in [0, 0.1) is 5.92 Å². The number of rotatable bonds is 1. The normalized spacial score (nSPS) is 48.9. The minimum Gasteiger partial charge on any atom is -0.478 e. The number of epoxide rings is 1. The number of hydrogen-bond acceptors (Lipinski definition) is 4. The molecule has 0 bridgehead atoms. The van der Waals surface area contributed by atoms with Crippen LogP contribution in [0.1, 0.15) is 27.2 Å². The molecule has 5 nitrogen and oxygen atoms in total. The van der Waals surface area contributed by atoms with Gasteiger partial charge in [-0.3, -0.25) is 0 Å². The van der Waals surface area contributed by atoms with Crippen molar-refractivity contribution in [3.8, 4) is 0 Å². The predicted octanol–water partition coefficient (Wildman–Crippen LogP) is 0.570. The fourth-order valence-corrected chi connectivity index (χ4v) is 2.08. The Morgan fingerprint density at radius 1 is 1.53 bits per heavy atom. The van der Waals surface area contributed by atoms with Gasteiger partial charge in [0.15, 0.2) is 5.60 Å². The Labute approximate surface area is 87.4 Å². The van der Waals surface area contributed by atoms with Crippen molar-refractivity contribution in [1.29, 1.82) is 0 Å². The number of carboxylic acid groups (broad SMARTS) is 1. The van der Waals surface area contributed by atoms with Crippen molar-refractivity contribution in [3.63, 3.8) is 0 Å². The number of ether oxygens (including phenoxy) is 2. The molecular formula is C10H14O5. The molecule has 2 fully saturated rings. The molecule has 2 rings (SSSR count). The number of carboxylic acids is 1. The van der Waals surface area contributed by atoms with Crippen LogP contribution >= 0.6 is 0 Å². The summed E-state index contributed by atoms with van der Waals surface area (Å²) in [5.74, 6) is -1.90. The van der Waals surface area contributed by atoms with Crippen molar-refractivity contribution in [1.82, 2.24) is 0 Å². The Hall–Kier alpha value is -1.10. The third kappa shape index (κ3) is 1.19. The minimum absolute atomic E-state index is 0.161. The maximum Gasteiger partial charge on any atom is 0.348 e. The highest BCUT2D eigenvalue weighted by molar-refractivity contribution is 5.89. The van der Waals surface area contributed by atoms with Crippen LogP contribution in [0.15, 0.2) is 0 Å². The van der Waals surface area contributed by atoms with E-state index in [1.54, 1.807) is 13.8 Å². The van der Waals surface area contributed by atoms with E-state index in [0.717, 1.165) is 0 Å². The van der Waals surface area contributed by atoms with E-state index in [1.165, 1.54) is 6.92 Å². The zero-order valence-electron chi connectivity index (χ0n) is 8.94. The smallest absolute Gasteiger partial charge is 0.348 e. The van der Waals surface area contributed by atoms with E-state index in [0.29, 0.717) is 6.42 Å². The van der Waals surface area contributed by atoms with Gasteiger partial charge in [-0.1, -0.05) is 6.92 Å². The zero-order valence-corrected chi connectivity index (χ0v) is 8.94. The molecule has 15 heavy (non-hydrogen) atoms. The number of hydrogen-bond donors (Lipinski definition) is 1. The Kier molecular flexibility index (Phi) is 1.89. The maximum absolute atomic E-state index is 11.6. The van der Waals surface area contributed by atoms with Crippen LogP contribution in [0.5, 0.6) is 0 Å². The summed E-state index contributed by atoms with van der Waals surface area (Å²) in [5, 5.41) is 9.02. The lowest BCUT2D eigenvalue weighted by molar-refractivity contribution is -0.196. The molecule has 0 aliphatic carbocycles. The second-order valence-corrected chi connectivity index (χ2v) is 4.56. The van der Waals surface area contributed by atoms with Gasteiger partial charge in [-0.15, -0.1) is 0 Å². The highest BCUT2D eigenvalue weighted by Gasteiger charge is 2.68. The van der Waals surface area contributed by atoms with Gasteiger partial charge in [0.1, 0.15) is 0 Å². The summed E-state index contributed by atoms with van der Waals surface area (Å²) in [6.45, 7) is 4.98. The van der Waals surface area contributed by atoms with Crippen molar-refractivity contribution in [3.05, 3.63) is 0 Å². The fourth-order valence-electron chi connectivity index (χ4n) is 2.08. The van der Waals surface area contributed by atoms with E-state index in [1.807, 2.05) is 0 Å². The first-order valence-corrected chi connectivity index (χ1v) is 4.97. The van der Waals surface area contributed by atoms with Crippen molar-refractivity contribution in [2.24, 2.45) is 5.92 Å². The van der Waals surface area contributed by atoms with Crippen LogP contribution in [0.3, 0.4) is 0 Å². The van der Waals surface area contributed by atoms with E-state index < -0.39 is 23.1 Å². The Bertz CT molecular complexity index is 339. The van der Waals surface area contributed by atoms with Gasteiger partial charge in [-0.05, 0) is 20.3 Å². The quantitative estimate of drug-likeness (QED) is 0.510. The largest absolute Gasteiger partial charge is 0.478 e. The molecule has 2 aliphatic rings. The summed E-state index contributed by atoms with van der Waals surface area (Å²) in [7, 11) is 0. The van der Waals surface area contributed by atoms with Crippen molar-refractivity contribution >= 4 is 11.9 Å². The van der Waals surface area contributed by atoms with Gasteiger partial charge < -0.3 is 14.6 Å². The molecule has 1 spiro atoms. The molecule has 4 unspecified atom stereocenters. The second-order valence-electron chi connectivity index (χ2n) is 4.56. The minimum atomic E-state index is -1.42. The number of esters is 1. The lowest BCUT2D eigenvalue weighted by Crippen LogP contribution is -2.55. The van der Waals surface area contributed by atoms with Gasteiger partial charge in [0.05, 0.1) is 6.10 Å². The summed E-state index contributed by atoms with van der Waals surface area (Å²) in [6, 6.07) is 0. The zero-order chi connectivity index (χ0) is 11.4. The summed E-state index contributed by atoms with van der Waals surface area (Å²) in [4.78, 5) is 22.7. The van der Waals surface area contributed by atoms with Gasteiger partial charge >= 0.3 is 11.9 Å². The number of carbonyl (C=O) groups excluding carboxylic acids is 1. The Morgan fingerprint density at radius 3 is 2.47 bits per heavy atom. The van der Waals surface area contributed by atoms with Crippen LogP contribution in [0.25, 0.3) is 0 Å². The molecule has 2 saturated heterocycles. The highest BCUT2D eigenvalue weighted by Crippen LogP contribution is 2.49. The van der Waals surface area contributed by atoms with Crippen LogP contribution < -0.4 is 0 Å². The van der Waals surface area contributed by atoms with E-state index in [2.05, 4.69) is 0 Å². The number of aliphatic carboxylic acids is 1. The molecule has 1 N–H and O–H groups in total. The topological polar surface area (TPSA) is 76.1 Å². The third-order valence-electron chi connectivity index (χ3n) is 3.61. The van der Waals surface area contributed by atoms with Gasteiger partial charge in [-0.2, -0.15) is 0 Å². The first kappa shape index (κ1) is 10.4. The van der Waals surface area contributed by atoms with E-state index in [-0.39, 0.29) is 12.0 Å². The molecular weight excluding hydrogens is 200 g/mol. The van der Waals surface area contributed by atoms with Crippen molar-refractivity contribution in [2.45, 2.75) is 44.5 Å². The van der Waals surface area contributed by atoms with Gasteiger partial charge in [0.25, 0.3) is 0 Å². The average Bonchev–Trinajstić information content (AvgIpc) is 2.75. The molecule has 0 aromatic rings. The molecule has 0 aromatic carbocycles. The molecule has 0 amide bonds. The average molecular weight is 214 g/mol. The molecule has 2 heterocycles. The lowest BCUT2D eigenvalue weighted by atomic mass is 9.79. The van der Waals surface area contributed by atoms with Gasteiger partial charge in [0.2, 0.25) is 5.60 Å². The fraction of sp³-hybridized carbons (Fsp3) is 0.800. The Balaban J connectivity index is 2.25. The molecule has 5 heteroatoms. The molecule has 84 valence electrons. The van der Waals surface area contributed by atoms with Crippen LogP contribution in [-0.2, 0) is 19.1 Å². The maximum atomic E-state index is 11.6. The van der Waals surface area contributed by atoms with Crippen molar-refractivity contribution in [2.75, 3.05) is 0 Å². The highest BCUT2D eigenvalue weighted by atomic mass is 16.7. The molecule has 0 aromatic heterocycles. The summed E-state index contributed by atoms with van der Waals surface area (Å²) in [6.07, 6.45) is 0.251. The summed E-state index contributed by atoms with van der Waals surface area (Å²) in [5.41, 5.74) is -2.29. The van der Waals surface area contributed by atoms with E-state index in [4.69, 9.17) is 14.6 Å². The molecule has 2 aliphatic heterocycles. The van der Waals surface area contributed by atoms with Gasteiger partial charge in [-0.25, -0.2) is 9.59 Å². The first-order chi connectivity index (χ1) is 6.83. The standard InChI is InChI=1S/C10H14O5/c1-5-4-10(6(2)14-10)8(13)15-9(5,3)7(11)12/h5-6H,4H2,1-3H3,(H,11,12). The van der Waals surface area contributed by atoms with E-state index in [9.17, 15) is 9.59 Å². The van der Waals surface area contributed by atoms with Crippen LogP contribution in [0.2, 0.25) is 0 Å². The van der Waals surface area contributed by atoms with Crippen LogP contribution in [0.4, 0.5) is 0 Å². The van der Waals surface area contributed by atoms with E-state index >= 15 is 0 Å². The first-order valence-electron chi connectivity index (χ1n) is 4.97. The SMILES string of the molecule is CC1CC2(OC2C)C(=O)OC1(C)C(=O)O. The number of cyclic esters (lactones) is 1. The van der Waals surface area contributed by atoms with Crippen molar-refractivity contribution < 1.29 is 24.2 Å². The number of carbonyl (C=O) groups is 2. The summed E-state index contributed by atoms with van der Waals surface area (Å²) < 4.78 is 10.3. The molecule has 4 atom stereocenters. The Morgan fingerprint density at radius 2 is 2.07 bits per heavy atom. The van der Waals surface area contributed by atoms with Crippen LogP contribution in [-0.4, -0.2) is 34.4 Å².